The van der Waals surface area contributed by atoms with E-state index < -0.39 is 6.10 Å². The number of aliphatic hydroxyl groups is 1. The van der Waals surface area contributed by atoms with Gasteiger partial charge in [-0.1, -0.05) is 30.3 Å². The Labute approximate surface area is 190 Å². The molecule has 0 saturated carbocycles. The van der Waals surface area contributed by atoms with Crippen LogP contribution in [0.1, 0.15) is 24.2 Å². The molecule has 0 saturated heterocycles. The molecule has 0 bridgehead atoms. The maximum atomic E-state index is 12.8. The van der Waals surface area contributed by atoms with Gasteiger partial charge in [-0.3, -0.25) is 4.79 Å². The third-order valence-electron chi connectivity index (χ3n) is 5.76. The maximum absolute atomic E-state index is 12.8. The number of nitrogens with zero attached hydrogens (tertiary/aromatic N) is 3. The summed E-state index contributed by atoms with van der Waals surface area (Å²) in [5, 5.41) is 14.1. The smallest absolute Gasteiger partial charge is 0.261 e. The lowest BCUT2D eigenvalue weighted by atomic mass is 10.0. The van der Waals surface area contributed by atoms with Crippen molar-refractivity contribution in [2.24, 2.45) is 0 Å². The lowest BCUT2D eigenvalue weighted by Crippen LogP contribution is -2.25. The van der Waals surface area contributed by atoms with Crippen LogP contribution >= 0.6 is 0 Å². The third kappa shape index (κ3) is 3.92. The molecule has 0 aliphatic carbocycles. The van der Waals surface area contributed by atoms with Gasteiger partial charge >= 0.3 is 0 Å². The number of nitrogens with one attached hydrogen (secondary N) is 3. The third-order valence-corrected chi connectivity index (χ3v) is 5.76. The quantitative estimate of drug-likeness (QED) is 0.320. The second kappa shape index (κ2) is 8.40. The SMILES string of the molecule is Cc1cc(-n2ccnc2)cc2[nH]c(-c3c(NC(C)C(O)c4ccccc4)cc[nH]c3=O)nc12. The molecule has 2 unspecified atom stereocenters. The molecule has 0 spiro atoms. The molecular weight excluding hydrogens is 416 g/mol. The minimum Gasteiger partial charge on any atom is -0.386 e. The number of hydrogen-bond donors (Lipinski definition) is 4. The molecule has 5 rings (SSSR count). The normalized spacial score (nSPS) is 13.2. The summed E-state index contributed by atoms with van der Waals surface area (Å²) in [6.45, 7) is 3.86. The molecule has 0 fully saturated rings. The number of H-pyrrole nitrogens is 2. The van der Waals surface area contributed by atoms with Crippen LogP contribution in [0.3, 0.4) is 0 Å². The van der Waals surface area contributed by atoms with Crippen LogP contribution in [0.2, 0.25) is 0 Å². The summed E-state index contributed by atoms with van der Waals surface area (Å²) in [5.41, 5.74) is 5.06. The van der Waals surface area contributed by atoms with Gasteiger partial charge in [-0.25, -0.2) is 9.97 Å². The first kappa shape index (κ1) is 20.7. The summed E-state index contributed by atoms with van der Waals surface area (Å²) in [6, 6.07) is 14.9. The number of fused-ring (bicyclic) bond motifs is 1. The highest BCUT2D eigenvalue weighted by Gasteiger charge is 2.21. The number of imidazole rings is 2. The van der Waals surface area contributed by atoms with Crippen LogP contribution in [0.25, 0.3) is 28.1 Å². The van der Waals surface area contributed by atoms with Gasteiger partial charge in [0.25, 0.3) is 5.56 Å². The summed E-state index contributed by atoms with van der Waals surface area (Å²) in [6.07, 6.45) is 6.18. The van der Waals surface area contributed by atoms with Crippen LogP contribution in [0.4, 0.5) is 5.69 Å². The number of hydrogen-bond acceptors (Lipinski definition) is 5. The van der Waals surface area contributed by atoms with E-state index in [-0.39, 0.29) is 11.6 Å². The van der Waals surface area contributed by atoms with E-state index in [0.29, 0.717) is 17.1 Å². The van der Waals surface area contributed by atoms with Crippen molar-refractivity contribution in [1.29, 1.82) is 0 Å². The Bertz CT molecular complexity index is 1450. The van der Waals surface area contributed by atoms with Crippen molar-refractivity contribution in [1.82, 2.24) is 24.5 Å². The van der Waals surface area contributed by atoms with Gasteiger partial charge in [-0.05, 0) is 43.2 Å². The molecular formula is C25H24N6O2. The predicted molar refractivity (Wildman–Crippen MR) is 128 cm³/mol. The molecule has 4 N–H and O–H groups in total. The van der Waals surface area contributed by atoms with Crippen molar-refractivity contribution in [2.45, 2.75) is 26.0 Å². The first-order valence-electron chi connectivity index (χ1n) is 10.7. The minimum atomic E-state index is -0.742. The molecule has 8 heteroatoms. The molecule has 0 amide bonds. The lowest BCUT2D eigenvalue weighted by molar-refractivity contribution is 0.161. The van der Waals surface area contributed by atoms with E-state index >= 15 is 0 Å². The summed E-state index contributed by atoms with van der Waals surface area (Å²) in [5.74, 6) is 0.460. The molecule has 0 aliphatic rings. The highest BCUT2D eigenvalue weighted by Crippen LogP contribution is 2.29. The average Bonchev–Trinajstić information content (AvgIpc) is 3.49. The van der Waals surface area contributed by atoms with Gasteiger partial charge in [-0.2, -0.15) is 0 Å². The summed E-state index contributed by atoms with van der Waals surface area (Å²) in [4.78, 5) is 27.7. The van der Waals surface area contributed by atoms with Crippen molar-refractivity contribution in [3.05, 3.63) is 94.9 Å². The Morgan fingerprint density at radius 3 is 2.73 bits per heavy atom. The number of anilines is 1. The molecule has 3 aromatic heterocycles. The van der Waals surface area contributed by atoms with E-state index in [4.69, 9.17) is 4.98 Å². The van der Waals surface area contributed by atoms with Gasteiger partial charge in [0.15, 0.2) is 0 Å². The number of aryl methyl sites for hydroxylation is 1. The fraction of sp³-hybridized carbons (Fsp3) is 0.160. The number of aliphatic hydroxyl groups excluding tert-OH is 1. The van der Waals surface area contributed by atoms with Crippen LogP contribution in [0.5, 0.6) is 0 Å². The molecule has 8 nitrogen and oxygen atoms in total. The number of benzene rings is 2. The van der Waals surface area contributed by atoms with Gasteiger partial charge in [0.2, 0.25) is 0 Å². The van der Waals surface area contributed by atoms with Gasteiger partial charge in [0, 0.05) is 24.3 Å². The molecule has 3 heterocycles. The van der Waals surface area contributed by atoms with Crippen molar-refractivity contribution >= 4 is 16.7 Å². The molecule has 2 aromatic carbocycles. The molecule has 5 aromatic rings. The first-order chi connectivity index (χ1) is 16.0. The summed E-state index contributed by atoms with van der Waals surface area (Å²) in [7, 11) is 0. The largest absolute Gasteiger partial charge is 0.386 e. The molecule has 166 valence electrons. The zero-order valence-corrected chi connectivity index (χ0v) is 18.3. The van der Waals surface area contributed by atoms with Crippen molar-refractivity contribution in [2.75, 3.05) is 5.32 Å². The highest BCUT2D eigenvalue weighted by atomic mass is 16.3. The second-order valence-electron chi connectivity index (χ2n) is 8.10. The molecule has 2 atom stereocenters. The topological polar surface area (TPSA) is 112 Å². The fourth-order valence-electron chi connectivity index (χ4n) is 4.05. The standard InChI is InChI=1S/C25H24N6O2/c1-15-12-18(31-11-10-26-14-31)13-20-22(15)30-24(29-20)21-19(8-9-27-25(21)33)28-16(2)23(32)17-6-4-3-5-7-17/h3-14,16,23,32H,1-2H3,(H,29,30)(H2,27,28,33). The predicted octanol–water partition coefficient (Wildman–Crippen LogP) is 3.95. The minimum absolute atomic E-state index is 0.270. The van der Waals surface area contributed by atoms with Crippen LogP contribution in [-0.2, 0) is 0 Å². The number of aromatic amines is 2. The molecule has 0 radical (unpaired) electrons. The van der Waals surface area contributed by atoms with Crippen LogP contribution < -0.4 is 10.9 Å². The Kier molecular flexibility index (Phi) is 5.27. The number of aromatic nitrogens is 5. The molecule has 0 aliphatic heterocycles. The van der Waals surface area contributed by atoms with Gasteiger partial charge in [0.1, 0.15) is 11.4 Å². The Hall–Kier alpha value is -4.17. The Morgan fingerprint density at radius 1 is 1.15 bits per heavy atom. The first-order valence-corrected chi connectivity index (χ1v) is 10.7. The van der Waals surface area contributed by atoms with Crippen molar-refractivity contribution in [3.8, 4) is 17.1 Å². The Morgan fingerprint density at radius 2 is 1.97 bits per heavy atom. The van der Waals surface area contributed by atoms with Crippen molar-refractivity contribution < 1.29 is 5.11 Å². The zero-order chi connectivity index (χ0) is 22.9. The van der Waals surface area contributed by atoms with Gasteiger partial charge < -0.3 is 25.0 Å². The zero-order valence-electron chi connectivity index (χ0n) is 18.3. The van der Waals surface area contributed by atoms with Gasteiger partial charge in [0.05, 0.1) is 35.2 Å². The average molecular weight is 441 g/mol. The van der Waals surface area contributed by atoms with E-state index in [1.807, 2.05) is 67.1 Å². The van der Waals surface area contributed by atoms with Gasteiger partial charge in [-0.15, -0.1) is 0 Å². The van der Waals surface area contributed by atoms with Crippen LogP contribution in [0.15, 0.2) is 78.2 Å². The lowest BCUT2D eigenvalue weighted by Gasteiger charge is -2.22. The van der Waals surface area contributed by atoms with E-state index in [9.17, 15) is 9.90 Å². The highest BCUT2D eigenvalue weighted by molar-refractivity contribution is 5.86. The van der Waals surface area contributed by atoms with E-state index in [0.717, 1.165) is 27.8 Å². The number of rotatable bonds is 6. The Balaban J connectivity index is 1.53. The monoisotopic (exact) mass is 440 g/mol. The molecule has 33 heavy (non-hydrogen) atoms. The van der Waals surface area contributed by atoms with Crippen LogP contribution in [0, 0.1) is 6.92 Å². The fourth-order valence-corrected chi connectivity index (χ4v) is 4.05. The maximum Gasteiger partial charge on any atom is 0.261 e. The van der Waals surface area contributed by atoms with Crippen molar-refractivity contribution in [3.63, 3.8) is 0 Å². The second-order valence-corrected chi connectivity index (χ2v) is 8.10. The van der Waals surface area contributed by atoms with E-state index in [1.165, 1.54) is 0 Å². The summed E-state index contributed by atoms with van der Waals surface area (Å²) >= 11 is 0. The number of pyridine rings is 1. The van der Waals surface area contributed by atoms with E-state index in [2.05, 4.69) is 20.3 Å². The van der Waals surface area contributed by atoms with E-state index in [1.54, 1.807) is 24.8 Å². The van der Waals surface area contributed by atoms with Crippen LogP contribution in [-0.4, -0.2) is 35.7 Å². The summed E-state index contributed by atoms with van der Waals surface area (Å²) < 4.78 is 1.92.